The molecule has 0 saturated heterocycles. The van der Waals surface area contributed by atoms with Gasteiger partial charge in [-0.1, -0.05) is 12.1 Å². The van der Waals surface area contributed by atoms with E-state index in [0.29, 0.717) is 31.5 Å². The number of pyridine rings is 1. The summed E-state index contributed by atoms with van der Waals surface area (Å²) in [6.07, 6.45) is 4.39. The van der Waals surface area contributed by atoms with Crippen LogP contribution in [0.15, 0.2) is 24.5 Å². The second-order valence-electron chi connectivity index (χ2n) is 6.54. The highest BCUT2D eigenvalue weighted by Gasteiger charge is 2.13. The molecule has 0 radical (unpaired) electrons. The topological polar surface area (TPSA) is 112 Å². The zero-order chi connectivity index (χ0) is 18.4. The van der Waals surface area contributed by atoms with Crippen LogP contribution in [0.5, 0.6) is 0 Å². The van der Waals surface area contributed by atoms with E-state index in [4.69, 9.17) is 20.9 Å². The number of anilines is 1. The molecule has 140 valence electrons. The molecule has 0 spiro atoms. The lowest BCUT2D eigenvalue weighted by Crippen LogP contribution is -2.16. The lowest BCUT2D eigenvalue weighted by atomic mass is 9.96. The summed E-state index contributed by atoms with van der Waals surface area (Å²) in [5.41, 5.74) is 15.3. The number of benzene rings is 1. The number of aromatic amines is 1. The van der Waals surface area contributed by atoms with E-state index in [9.17, 15) is 0 Å². The van der Waals surface area contributed by atoms with Gasteiger partial charge in [-0.25, -0.2) is 9.97 Å². The lowest BCUT2D eigenvalue weighted by Gasteiger charge is -2.17. The van der Waals surface area contributed by atoms with Gasteiger partial charge in [0, 0.05) is 32.3 Å². The van der Waals surface area contributed by atoms with Gasteiger partial charge in [0.1, 0.15) is 5.52 Å². The van der Waals surface area contributed by atoms with Crippen LogP contribution in [0.25, 0.3) is 21.9 Å². The molecule has 0 bridgehead atoms. The van der Waals surface area contributed by atoms with E-state index < -0.39 is 0 Å². The molecule has 5 N–H and O–H groups in total. The Morgan fingerprint density at radius 2 is 2.15 bits per heavy atom. The van der Waals surface area contributed by atoms with Crippen LogP contribution in [0.1, 0.15) is 18.4 Å². The average Bonchev–Trinajstić information content (AvgIpc) is 3.13. The van der Waals surface area contributed by atoms with E-state index in [0.717, 1.165) is 47.8 Å². The Hall–Kier alpha value is -2.22. The largest absolute Gasteiger partial charge is 0.385 e. The molecule has 0 amide bonds. The van der Waals surface area contributed by atoms with Crippen molar-refractivity contribution in [2.24, 2.45) is 11.7 Å². The van der Waals surface area contributed by atoms with E-state index in [1.54, 1.807) is 13.4 Å². The number of aromatic nitrogens is 3. The number of hydrogen-bond donors (Lipinski definition) is 3. The summed E-state index contributed by atoms with van der Waals surface area (Å²) < 4.78 is 11.0. The third kappa shape index (κ3) is 4.30. The molecule has 0 aliphatic heterocycles. The summed E-state index contributed by atoms with van der Waals surface area (Å²) in [7, 11) is 1.73. The number of H-pyrrole nitrogens is 1. The first-order valence-electron chi connectivity index (χ1n) is 9.01. The van der Waals surface area contributed by atoms with Crippen molar-refractivity contribution >= 4 is 27.8 Å². The van der Waals surface area contributed by atoms with Crippen molar-refractivity contribution in [1.29, 1.82) is 0 Å². The molecule has 26 heavy (non-hydrogen) atoms. The smallest absolute Gasteiger partial charge is 0.152 e. The standard InChI is InChI=1S/C19H27N5O2/c1-25-8-5-14(11-26-7-2-6-20)9-13-3-4-15-16(10-13)24-19(21)18-17(15)22-12-23-18/h3-4,10,12,14H,2,5-9,11,20H2,1H3,(H2,21,24)(H,22,23). The summed E-state index contributed by atoms with van der Waals surface area (Å²) in [6, 6.07) is 6.33. The molecule has 0 saturated carbocycles. The Balaban J connectivity index is 1.77. The number of imidazole rings is 1. The molecule has 1 unspecified atom stereocenters. The number of rotatable bonds is 10. The van der Waals surface area contributed by atoms with Gasteiger partial charge < -0.3 is 25.9 Å². The van der Waals surface area contributed by atoms with Gasteiger partial charge in [-0.05, 0) is 43.4 Å². The van der Waals surface area contributed by atoms with Crippen molar-refractivity contribution < 1.29 is 9.47 Å². The van der Waals surface area contributed by atoms with Crippen molar-refractivity contribution in [3.63, 3.8) is 0 Å². The van der Waals surface area contributed by atoms with E-state index >= 15 is 0 Å². The summed E-state index contributed by atoms with van der Waals surface area (Å²) >= 11 is 0. The number of nitrogen functional groups attached to an aromatic ring is 1. The number of nitrogens with one attached hydrogen (secondary N) is 1. The maximum Gasteiger partial charge on any atom is 0.152 e. The van der Waals surface area contributed by atoms with Crippen LogP contribution < -0.4 is 11.5 Å². The van der Waals surface area contributed by atoms with Gasteiger partial charge in [-0.3, -0.25) is 0 Å². The molecule has 2 aromatic heterocycles. The van der Waals surface area contributed by atoms with Gasteiger partial charge in [0.15, 0.2) is 5.82 Å². The minimum absolute atomic E-state index is 0.387. The SMILES string of the molecule is COCCC(COCCCN)Cc1ccc2c(c1)nc(N)c1nc[nH]c12. The molecule has 7 heteroatoms. The molecule has 7 nitrogen and oxygen atoms in total. The minimum atomic E-state index is 0.387. The van der Waals surface area contributed by atoms with Crippen molar-refractivity contribution in [2.45, 2.75) is 19.3 Å². The third-order valence-electron chi connectivity index (χ3n) is 4.56. The Morgan fingerprint density at radius 1 is 1.27 bits per heavy atom. The van der Waals surface area contributed by atoms with Crippen molar-refractivity contribution in [2.75, 3.05) is 39.2 Å². The van der Waals surface area contributed by atoms with Crippen LogP contribution in [-0.2, 0) is 15.9 Å². The van der Waals surface area contributed by atoms with E-state index in [2.05, 4.69) is 33.2 Å². The first-order chi connectivity index (χ1) is 12.7. The molecule has 2 heterocycles. The second-order valence-corrected chi connectivity index (χ2v) is 6.54. The molecule has 3 rings (SSSR count). The van der Waals surface area contributed by atoms with Crippen molar-refractivity contribution in [3.05, 3.63) is 30.1 Å². The van der Waals surface area contributed by atoms with Gasteiger partial charge in [-0.15, -0.1) is 0 Å². The molecule has 0 aliphatic rings. The van der Waals surface area contributed by atoms with Crippen LogP contribution in [0.2, 0.25) is 0 Å². The fraction of sp³-hybridized carbons (Fsp3) is 0.474. The maximum absolute atomic E-state index is 6.04. The normalized spacial score (nSPS) is 12.8. The first-order valence-corrected chi connectivity index (χ1v) is 9.01. The van der Waals surface area contributed by atoms with E-state index in [-0.39, 0.29) is 0 Å². The molecule has 1 atom stereocenters. The summed E-state index contributed by atoms with van der Waals surface area (Å²) in [6.45, 7) is 2.78. The summed E-state index contributed by atoms with van der Waals surface area (Å²) in [5.74, 6) is 0.838. The van der Waals surface area contributed by atoms with E-state index in [1.807, 2.05) is 0 Å². The highest BCUT2D eigenvalue weighted by Crippen LogP contribution is 2.26. The molecule has 0 aliphatic carbocycles. The van der Waals surface area contributed by atoms with Gasteiger partial charge in [0.05, 0.1) is 17.4 Å². The van der Waals surface area contributed by atoms with Gasteiger partial charge in [0.25, 0.3) is 0 Å². The van der Waals surface area contributed by atoms with Gasteiger partial charge in [0.2, 0.25) is 0 Å². The van der Waals surface area contributed by atoms with Gasteiger partial charge in [-0.2, -0.15) is 0 Å². The number of nitrogens with zero attached hydrogens (tertiary/aromatic N) is 2. The summed E-state index contributed by atoms with van der Waals surface area (Å²) in [5, 5.41) is 1.03. The Bertz CT molecular complexity index is 848. The zero-order valence-corrected chi connectivity index (χ0v) is 15.2. The fourth-order valence-electron chi connectivity index (χ4n) is 3.18. The zero-order valence-electron chi connectivity index (χ0n) is 15.2. The number of methoxy groups -OCH3 is 1. The monoisotopic (exact) mass is 357 g/mol. The molecular formula is C19H27N5O2. The quantitative estimate of drug-likeness (QED) is 0.480. The first kappa shape index (κ1) is 18.6. The maximum atomic E-state index is 6.04. The Labute approximate surface area is 153 Å². The van der Waals surface area contributed by atoms with Gasteiger partial charge >= 0.3 is 0 Å². The number of fused-ring (bicyclic) bond motifs is 3. The van der Waals surface area contributed by atoms with Crippen LogP contribution >= 0.6 is 0 Å². The van der Waals surface area contributed by atoms with Crippen LogP contribution in [0.4, 0.5) is 5.82 Å². The van der Waals surface area contributed by atoms with Crippen LogP contribution in [0, 0.1) is 5.92 Å². The fourth-order valence-corrected chi connectivity index (χ4v) is 3.18. The highest BCUT2D eigenvalue weighted by atomic mass is 16.5. The van der Waals surface area contributed by atoms with Crippen molar-refractivity contribution in [1.82, 2.24) is 15.0 Å². The number of hydrogen-bond acceptors (Lipinski definition) is 6. The average molecular weight is 357 g/mol. The predicted octanol–water partition coefficient (Wildman–Crippen LogP) is 2.25. The molecule has 3 aromatic rings. The molecule has 0 fully saturated rings. The molecule has 1 aromatic carbocycles. The number of nitrogens with two attached hydrogens (primary N) is 2. The molecular weight excluding hydrogens is 330 g/mol. The third-order valence-corrected chi connectivity index (χ3v) is 4.56. The lowest BCUT2D eigenvalue weighted by molar-refractivity contribution is 0.0811. The van der Waals surface area contributed by atoms with E-state index in [1.165, 1.54) is 5.56 Å². The van der Waals surface area contributed by atoms with Crippen LogP contribution in [0.3, 0.4) is 0 Å². The summed E-state index contributed by atoms with van der Waals surface area (Å²) in [4.78, 5) is 11.9. The highest BCUT2D eigenvalue weighted by molar-refractivity contribution is 6.05. The Kier molecular flexibility index (Phi) is 6.38. The van der Waals surface area contributed by atoms with Crippen LogP contribution in [-0.4, -0.2) is 48.4 Å². The Morgan fingerprint density at radius 3 is 2.96 bits per heavy atom. The minimum Gasteiger partial charge on any atom is -0.385 e. The number of ether oxygens (including phenoxy) is 2. The predicted molar refractivity (Wildman–Crippen MR) is 104 cm³/mol. The van der Waals surface area contributed by atoms with Crippen molar-refractivity contribution in [3.8, 4) is 0 Å². The second kappa shape index (κ2) is 8.93.